The van der Waals surface area contributed by atoms with Crippen LogP contribution in [0.5, 0.6) is 0 Å². The molecule has 1 aromatic carbocycles. The van der Waals surface area contributed by atoms with E-state index >= 15 is 0 Å². The van der Waals surface area contributed by atoms with E-state index < -0.39 is 0 Å². The Morgan fingerprint density at radius 1 is 1.20 bits per heavy atom. The Bertz CT molecular complexity index is 419. The zero-order chi connectivity index (χ0) is 14.5. The number of hydrogen-bond donors (Lipinski definition) is 1. The Morgan fingerprint density at radius 3 is 2.70 bits per heavy atom. The molecule has 1 aromatic rings. The highest BCUT2D eigenvalue weighted by molar-refractivity contribution is 5.19. The van der Waals surface area contributed by atoms with Crippen LogP contribution in [0.2, 0.25) is 0 Å². The van der Waals surface area contributed by atoms with Crippen molar-refractivity contribution in [2.24, 2.45) is 0 Å². The van der Waals surface area contributed by atoms with E-state index in [2.05, 4.69) is 31.0 Å². The van der Waals surface area contributed by atoms with Gasteiger partial charge in [-0.15, -0.1) is 0 Å². The van der Waals surface area contributed by atoms with Crippen LogP contribution in [-0.2, 0) is 0 Å². The van der Waals surface area contributed by atoms with Gasteiger partial charge in [0.15, 0.2) is 0 Å². The van der Waals surface area contributed by atoms with Crippen LogP contribution >= 0.6 is 0 Å². The van der Waals surface area contributed by atoms with Crippen molar-refractivity contribution in [3.05, 3.63) is 35.6 Å². The fourth-order valence-corrected chi connectivity index (χ4v) is 3.03. The lowest BCUT2D eigenvalue weighted by atomic mass is 10.0. The summed E-state index contributed by atoms with van der Waals surface area (Å²) in [5.41, 5.74) is 1.04. The molecule has 1 saturated heterocycles. The molecule has 2 atom stereocenters. The number of nitrogens with zero attached hydrogens (tertiary/aromatic N) is 1. The number of halogens is 1. The van der Waals surface area contributed by atoms with Gasteiger partial charge < -0.3 is 10.2 Å². The number of hydrogen-bond acceptors (Lipinski definition) is 2. The van der Waals surface area contributed by atoms with E-state index in [4.69, 9.17) is 0 Å². The van der Waals surface area contributed by atoms with E-state index in [1.165, 1.54) is 31.9 Å². The lowest BCUT2D eigenvalue weighted by molar-refractivity contribution is 0.228. The monoisotopic (exact) mass is 278 g/mol. The van der Waals surface area contributed by atoms with E-state index in [1.807, 2.05) is 6.07 Å². The SMILES string of the molecule is CC(C)N1CCCC(N[C@H](C)c2cccc(F)c2)CC1. The first kappa shape index (κ1) is 15.5. The van der Waals surface area contributed by atoms with Crippen LogP contribution in [0.4, 0.5) is 4.39 Å². The number of likely N-dealkylation sites (tertiary alicyclic amines) is 1. The van der Waals surface area contributed by atoms with E-state index in [9.17, 15) is 4.39 Å². The quantitative estimate of drug-likeness (QED) is 0.902. The molecule has 1 N–H and O–H groups in total. The standard InChI is InChI=1S/C17H27FN2/c1-13(2)20-10-5-8-17(9-11-20)19-14(3)15-6-4-7-16(18)12-15/h4,6-7,12-14,17,19H,5,8-11H2,1-3H3/t14-,17?/m1/s1. The minimum Gasteiger partial charge on any atom is -0.307 e. The number of benzene rings is 1. The molecule has 20 heavy (non-hydrogen) atoms. The van der Waals surface area contributed by atoms with Crippen LogP contribution in [0.3, 0.4) is 0 Å². The molecule has 3 heteroatoms. The van der Waals surface area contributed by atoms with Crippen molar-refractivity contribution in [1.29, 1.82) is 0 Å². The first-order valence-electron chi connectivity index (χ1n) is 7.82. The smallest absolute Gasteiger partial charge is 0.123 e. The summed E-state index contributed by atoms with van der Waals surface area (Å²) >= 11 is 0. The average molecular weight is 278 g/mol. The van der Waals surface area contributed by atoms with Crippen molar-refractivity contribution in [1.82, 2.24) is 10.2 Å². The Morgan fingerprint density at radius 2 is 2.00 bits per heavy atom. The van der Waals surface area contributed by atoms with Crippen molar-refractivity contribution in [3.63, 3.8) is 0 Å². The first-order chi connectivity index (χ1) is 9.56. The second-order valence-electron chi connectivity index (χ2n) is 6.20. The molecule has 0 saturated carbocycles. The molecule has 1 unspecified atom stereocenters. The van der Waals surface area contributed by atoms with E-state index in [0.717, 1.165) is 12.1 Å². The topological polar surface area (TPSA) is 15.3 Å². The maximum atomic E-state index is 13.3. The fraction of sp³-hybridized carbons (Fsp3) is 0.647. The van der Waals surface area contributed by atoms with Gasteiger partial charge in [-0.1, -0.05) is 12.1 Å². The van der Waals surface area contributed by atoms with Crippen LogP contribution in [0, 0.1) is 5.82 Å². The fourth-order valence-electron chi connectivity index (χ4n) is 3.03. The first-order valence-corrected chi connectivity index (χ1v) is 7.82. The zero-order valence-electron chi connectivity index (χ0n) is 12.9. The van der Waals surface area contributed by atoms with Crippen molar-refractivity contribution >= 4 is 0 Å². The van der Waals surface area contributed by atoms with Gasteiger partial charge in [0, 0.05) is 18.1 Å². The van der Waals surface area contributed by atoms with Gasteiger partial charge in [0.25, 0.3) is 0 Å². The summed E-state index contributed by atoms with van der Waals surface area (Å²) in [6, 6.07) is 8.30. The van der Waals surface area contributed by atoms with Crippen LogP contribution in [0.15, 0.2) is 24.3 Å². The van der Waals surface area contributed by atoms with Crippen molar-refractivity contribution in [3.8, 4) is 0 Å². The van der Waals surface area contributed by atoms with Gasteiger partial charge in [-0.25, -0.2) is 4.39 Å². The van der Waals surface area contributed by atoms with Crippen molar-refractivity contribution in [2.75, 3.05) is 13.1 Å². The third-order valence-electron chi connectivity index (χ3n) is 4.33. The molecule has 0 aliphatic carbocycles. The molecule has 1 aliphatic rings. The molecule has 0 bridgehead atoms. The van der Waals surface area contributed by atoms with Gasteiger partial charge in [0.05, 0.1) is 0 Å². The summed E-state index contributed by atoms with van der Waals surface area (Å²) in [4.78, 5) is 2.55. The largest absolute Gasteiger partial charge is 0.307 e. The second-order valence-corrected chi connectivity index (χ2v) is 6.20. The lowest BCUT2D eigenvalue weighted by Crippen LogP contribution is -2.35. The Balaban J connectivity index is 1.90. The molecule has 112 valence electrons. The molecule has 1 heterocycles. The molecule has 2 rings (SSSR count). The lowest BCUT2D eigenvalue weighted by Gasteiger charge is -2.25. The predicted octanol–water partition coefficient (Wildman–Crippen LogP) is 3.74. The summed E-state index contributed by atoms with van der Waals surface area (Å²) < 4.78 is 13.3. The summed E-state index contributed by atoms with van der Waals surface area (Å²) in [6.45, 7) is 9.02. The Hall–Kier alpha value is -0.930. The molecule has 1 aliphatic heterocycles. The third-order valence-corrected chi connectivity index (χ3v) is 4.33. The maximum Gasteiger partial charge on any atom is 0.123 e. The van der Waals surface area contributed by atoms with Crippen molar-refractivity contribution < 1.29 is 4.39 Å². The normalized spacial score (nSPS) is 22.8. The number of rotatable bonds is 4. The van der Waals surface area contributed by atoms with Gasteiger partial charge in [-0.05, 0) is 70.8 Å². The van der Waals surface area contributed by atoms with Gasteiger partial charge in [0.2, 0.25) is 0 Å². The van der Waals surface area contributed by atoms with Crippen molar-refractivity contribution in [2.45, 2.75) is 58.2 Å². The molecule has 1 fully saturated rings. The maximum absolute atomic E-state index is 13.3. The minimum atomic E-state index is -0.150. The average Bonchev–Trinajstić information content (AvgIpc) is 2.64. The van der Waals surface area contributed by atoms with Gasteiger partial charge in [-0.2, -0.15) is 0 Å². The van der Waals surface area contributed by atoms with Gasteiger partial charge in [-0.3, -0.25) is 0 Å². The van der Waals surface area contributed by atoms with Crippen LogP contribution in [0.25, 0.3) is 0 Å². The van der Waals surface area contributed by atoms with Crippen LogP contribution in [0.1, 0.15) is 51.6 Å². The van der Waals surface area contributed by atoms with Crippen LogP contribution in [-0.4, -0.2) is 30.1 Å². The van der Waals surface area contributed by atoms with Gasteiger partial charge in [0.1, 0.15) is 5.82 Å². The van der Waals surface area contributed by atoms with Crippen LogP contribution < -0.4 is 5.32 Å². The predicted molar refractivity (Wildman–Crippen MR) is 82.3 cm³/mol. The van der Waals surface area contributed by atoms with E-state index in [-0.39, 0.29) is 11.9 Å². The molecule has 2 nitrogen and oxygen atoms in total. The van der Waals surface area contributed by atoms with E-state index in [1.54, 1.807) is 12.1 Å². The van der Waals surface area contributed by atoms with E-state index in [0.29, 0.717) is 12.1 Å². The highest BCUT2D eigenvalue weighted by Crippen LogP contribution is 2.19. The highest BCUT2D eigenvalue weighted by Gasteiger charge is 2.20. The second kappa shape index (κ2) is 7.19. The Kier molecular flexibility index (Phi) is 5.55. The molecule has 0 amide bonds. The number of nitrogens with one attached hydrogen (secondary N) is 1. The molecule has 0 aromatic heterocycles. The molecule has 0 radical (unpaired) electrons. The van der Waals surface area contributed by atoms with Gasteiger partial charge >= 0.3 is 0 Å². The molecule has 0 spiro atoms. The summed E-state index contributed by atoms with van der Waals surface area (Å²) in [7, 11) is 0. The summed E-state index contributed by atoms with van der Waals surface area (Å²) in [5.74, 6) is -0.150. The minimum absolute atomic E-state index is 0.150. The molecular weight excluding hydrogens is 251 g/mol. The Labute approximate surface area is 122 Å². The molecular formula is C17H27FN2. The summed E-state index contributed by atoms with van der Waals surface area (Å²) in [6.07, 6.45) is 3.63. The third kappa shape index (κ3) is 4.29. The highest BCUT2D eigenvalue weighted by atomic mass is 19.1. The summed E-state index contributed by atoms with van der Waals surface area (Å²) in [5, 5.41) is 3.67. The zero-order valence-corrected chi connectivity index (χ0v) is 12.9.